The predicted octanol–water partition coefficient (Wildman–Crippen LogP) is 2.35. The highest BCUT2D eigenvalue weighted by molar-refractivity contribution is 5.26. The van der Waals surface area contributed by atoms with Crippen molar-refractivity contribution in [3.8, 4) is 0 Å². The van der Waals surface area contributed by atoms with Gasteiger partial charge in [0.05, 0.1) is 19.8 Å². The molecule has 0 atom stereocenters. The van der Waals surface area contributed by atoms with E-state index in [1.807, 2.05) is 6.92 Å². The van der Waals surface area contributed by atoms with Gasteiger partial charge in [0.15, 0.2) is 0 Å². The van der Waals surface area contributed by atoms with Gasteiger partial charge in [-0.15, -0.1) is 0 Å². The molecule has 18 heavy (non-hydrogen) atoms. The normalized spacial score (nSPS) is 17.4. The zero-order valence-corrected chi connectivity index (χ0v) is 11.4. The summed E-state index contributed by atoms with van der Waals surface area (Å²) in [6.07, 6.45) is 0. The molecule has 2 rings (SSSR count). The average Bonchev–Trinajstić information content (AvgIpc) is 2.35. The first kappa shape index (κ1) is 13.5. The van der Waals surface area contributed by atoms with Gasteiger partial charge >= 0.3 is 0 Å². The molecule has 1 N–H and O–H groups in total. The molecular formula is C15H23NO2. The van der Waals surface area contributed by atoms with Crippen LogP contribution in [0.4, 0.5) is 0 Å². The van der Waals surface area contributed by atoms with Crippen LogP contribution in [0.5, 0.6) is 0 Å². The van der Waals surface area contributed by atoms with Crippen LogP contribution in [0.1, 0.15) is 25.0 Å². The molecule has 1 heterocycles. The zero-order chi connectivity index (χ0) is 12.8. The van der Waals surface area contributed by atoms with Gasteiger partial charge in [-0.25, -0.2) is 0 Å². The van der Waals surface area contributed by atoms with E-state index in [1.165, 1.54) is 11.1 Å². The molecule has 3 heteroatoms. The van der Waals surface area contributed by atoms with E-state index in [0.717, 1.165) is 32.9 Å². The summed E-state index contributed by atoms with van der Waals surface area (Å²) in [7, 11) is 0. The molecule has 100 valence electrons. The summed E-state index contributed by atoms with van der Waals surface area (Å²) in [6, 6.07) is 8.46. The number of ether oxygens (including phenoxy) is 2. The first-order chi connectivity index (χ1) is 8.73. The minimum absolute atomic E-state index is 0.328. The van der Waals surface area contributed by atoms with Gasteiger partial charge in [-0.2, -0.15) is 0 Å². The molecule has 1 aromatic rings. The van der Waals surface area contributed by atoms with Crippen molar-refractivity contribution in [1.82, 2.24) is 5.32 Å². The summed E-state index contributed by atoms with van der Waals surface area (Å²) in [4.78, 5) is 0. The van der Waals surface area contributed by atoms with Gasteiger partial charge in [0.2, 0.25) is 0 Å². The number of hydrogen-bond donors (Lipinski definition) is 1. The van der Waals surface area contributed by atoms with Crippen LogP contribution in [0.3, 0.4) is 0 Å². The fraction of sp³-hybridized carbons (Fsp3) is 0.600. The first-order valence-electron chi connectivity index (χ1n) is 6.66. The highest BCUT2D eigenvalue weighted by atomic mass is 16.5. The quantitative estimate of drug-likeness (QED) is 0.804. The molecule has 3 nitrogen and oxygen atoms in total. The molecule has 1 aromatic carbocycles. The summed E-state index contributed by atoms with van der Waals surface area (Å²) >= 11 is 0. The van der Waals surface area contributed by atoms with Gasteiger partial charge in [-0.3, -0.25) is 0 Å². The third-order valence-corrected chi connectivity index (χ3v) is 3.35. The van der Waals surface area contributed by atoms with E-state index in [0.29, 0.717) is 12.0 Å². The van der Waals surface area contributed by atoms with Crippen LogP contribution < -0.4 is 5.32 Å². The van der Waals surface area contributed by atoms with Crippen LogP contribution in [0, 0.1) is 5.41 Å². The van der Waals surface area contributed by atoms with Gasteiger partial charge in [-0.1, -0.05) is 31.2 Å². The highest BCUT2D eigenvalue weighted by Gasteiger charge is 2.32. The van der Waals surface area contributed by atoms with E-state index in [1.54, 1.807) is 0 Å². The summed E-state index contributed by atoms with van der Waals surface area (Å²) in [5.74, 6) is 0. The summed E-state index contributed by atoms with van der Waals surface area (Å²) < 4.78 is 10.7. The number of rotatable bonds is 7. The Morgan fingerprint density at radius 3 is 2.61 bits per heavy atom. The van der Waals surface area contributed by atoms with Gasteiger partial charge in [0, 0.05) is 25.1 Å². The van der Waals surface area contributed by atoms with Crippen molar-refractivity contribution in [2.24, 2.45) is 5.41 Å². The van der Waals surface area contributed by atoms with E-state index >= 15 is 0 Å². The summed E-state index contributed by atoms with van der Waals surface area (Å²) in [5.41, 5.74) is 2.94. The topological polar surface area (TPSA) is 30.5 Å². The second-order valence-corrected chi connectivity index (χ2v) is 5.31. The van der Waals surface area contributed by atoms with Gasteiger partial charge in [0.25, 0.3) is 0 Å². The Morgan fingerprint density at radius 2 is 2.00 bits per heavy atom. The van der Waals surface area contributed by atoms with Crippen molar-refractivity contribution in [3.05, 3.63) is 35.4 Å². The Bertz CT molecular complexity index is 375. The Morgan fingerprint density at radius 1 is 1.28 bits per heavy atom. The third-order valence-electron chi connectivity index (χ3n) is 3.35. The monoisotopic (exact) mass is 249 g/mol. The molecule has 0 aromatic heterocycles. The predicted molar refractivity (Wildman–Crippen MR) is 72.4 cm³/mol. The lowest BCUT2D eigenvalue weighted by Gasteiger charge is -2.38. The standard InChI is InChI=1S/C15H23NO2/c1-3-17-9-14-7-5-4-6-13(14)8-16-10-15(2)11-18-12-15/h4-7,16H,3,8-12H2,1-2H3. The highest BCUT2D eigenvalue weighted by Crippen LogP contribution is 2.25. The molecule has 0 saturated carbocycles. The first-order valence-corrected chi connectivity index (χ1v) is 6.66. The molecule has 1 aliphatic heterocycles. The second-order valence-electron chi connectivity index (χ2n) is 5.31. The van der Waals surface area contributed by atoms with Crippen molar-refractivity contribution in [2.45, 2.75) is 27.0 Å². The molecule has 0 amide bonds. The van der Waals surface area contributed by atoms with Crippen molar-refractivity contribution >= 4 is 0 Å². The smallest absolute Gasteiger partial charge is 0.0719 e. The lowest BCUT2D eigenvalue weighted by molar-refractivity contribution is -0.0991. The molecule has 0 bridgehead atoms. The maximum Gasteiger partial charge on any atom is 0.0719 e. The van der Waals surface area contributed by atoms with Crippen LogP contribution in [0.15, 0.2) is 24.3 Å². The molecule has 0 unspecified atom stereocenters. The summed E-state index contributed by atoms with van der Waals surface area (Å²) in [5, 5.41) is 3.53. The minimum Gasteiger partial charge on any atom is -0.380 e. The third kappa shape index (κ3) is 3.55. The van der Waals surface area contributed by atoms with Crippen molar-refractivity contribution in [3.63, 3.8) is 0 Å². The Labute approximate surface area is 109 Å². The van der Waals surface area contributed by atoms with Crippen LogP contribution in [-0.2, 0) is 22.6 Å². The molecule has 0 aliphatic carbocycles. The fourth-order valence-electron chi connectivity index (χ4n) is 2.13. The van der Waals surface area contributed by atoms with Gasteiger partial charge in [-0.05, 0) is 18.1 Å². The molecule has 1 fully saturated rings. The maximum absolute atomic E-state index is 5.49. The van der Waals surface area contributed by atoms with Crippen molar-refractivity contribution in [2.75, 3.05) is 26.4 Å². The van der Waals surface area contributed by atoms with E-state index in [2.05, 4.69) is 36.5 Å². The molecular weight excluding hydrogens is 226 g/mol. The van der Waals surface area contributed by atoms with E-state index < -0.39 is 0 Å². The van der Waals surface area contributed by atoms with E-state index in [9.17, 15) is 0 Å². The Balaban J connectivity index is 1.84. The zero-order valence-electron chi connectivity index (χ0n) is 11.4. The van der Waals surface area contributed by atoms with E-state index in [4.69, 9.17) is 9.47 Å². The number of benzene rings is 1. The van der Waals surface area contributed by atoms with Gasteiger partial charge < -0.3 is 14.8 Å². The molecule has 1 aliphatic rings. The average molecular weight is 249 g/mol. The SMILES string of the molecule is CCOCc1ccccc1CNCC1(C)COC1. The minimum atomic E-state index is 0.328. The molecule has 1 saturated heterocycles. The molecule has 0 radical (unpaired) electrons. The van der Waals surface area contributed by atoms with Gasteiger partial charge in [0.1, 0.15) is 0 Å². The lowest BCUT2D eigenvalue weighted by Crippen LogP contribution is -2.47. The van der Waals surface area contributed by atoms with Crippen LogP contribution in [0.25, 0.3) is 0 Å². The Hall–Kier alpha value is -0.900. The fourth-order valence-corrected chi connectivity index (χ4v) is 2.13. The second kappa shape index (κ2) is 6.32. The van der Waals surface area contributed by atoms with Crippen molar-refractivity contribution < 1.29 is 9.47 Å². The van der Waals surface area contributed by atoms with Crippen molar-refractivity contribution in [1.29, 1.82) is 0 Å². The molecule has 0 spiro atoms. The number of nitrogens with one attached hydrogen (secondary N) is 1. The van der Waals surface area contributed by atoms with Crippen LogP contribution in [-0.4, -0.2) is 26.4 Å². The van der Waals surface area contributed by atoms with E-state index in [-0.39, 0.29) is 0 Å². The largest absolute Gasteiger partial charge is 0.380 e. The number of hydrogen-bond acceptors (Lipinski definition) is 3. The van der Waals surface area contributed by atoms with Crippen LogP contribution in [0.2, 0.25) is 0 Å². The summed E-state index contributed by atoms with van der Waals surface area (Å²) in [6.45, 7) is 9.41. The van der Waals surface area contributed by atoms with Crippen LogP contribution >= 0.6 is 0 Å². The maximum atomic E-state index is 5.49. The lowest BCUT2D eigenvalue weighted by atomic mass is 9.88. The Kier molecular flexibility index (Phi) is 4.75.